The fourth-order valence-corrected chi connectivity index (χ4v) is 2.58. The molecule has 0 radical (unpaired) electrons. The van der Waals surface area contributed by atoms with Crippen LogP contribution in [0.15, 0.2) is 0 Å². The van der Waals surface area contributed by atoms with Gasteiger partial charge in [0.2, 0.25) is 4.33 Å². The van der Waals surface area contributed by atoms with Crippen LogP contribution in [0, 0.1) is 0 Å². The average Bonchev–Trinajstić information content (AvgIpc) is 2.30. The van der Waals surface area contributed by atoms with Gasteiger partial charge in [-0.3, -0.25) is 15.0 Å². The quantitative estimate of drug-likeness (QED) is 0.640. The van der Waals surface area contributed by atoms with Crippen molar-refractivity contribution in [2.24, 2.45) is 0 Å². The lowest BCUT2D eigenvalue weighted by Gasteiger charge is -2.46. The first-order valence-electron chi connectivity index (χ1n) is 5.70. The molecule has 0 aromatic heterocycles. The Labute approximate surface area is 118 Å². The van der Waals surface area contributed by atoms with Gasteiger partial charge in [-0.15, -0.1) is 0 Å². The SMILES string of the molecule is CC1CC(F)C(O)COC2N1C(=O)NC(=O)C2(Cl)Cl. The van der Waals surface area contributed by atoms with Crippen molar-refractivity contribution in [3.63, 3.8) is 0 Å². The zero-order valence-electron chi connectivity index (χ0n) is 9.98. The maximum Gasteiger partial charge on any atom is 0.326 e. The molecule has 9 heteroatoms. The molecule has 4 unspecified atom stereocenters. The van der Waals surface area contributed by atoms with Crippen LogP contribution in [0.25, 0.3) is 0 Å². The number of aliphatic hydroxyl groups excluding tert-OH is 1. The predicted octanol–water partition coefficient (Wildman–Crippen LogP) is 0.546. The van der Waals surface area contributed by atoms with Crippen molar-refractivity contribution < 1.29 is 23.8 Å². The minimum absolute atomic E-state index is 0.105. The number of hydrogen-bond donors (Lipinski definition) is 2. The van der Waals surface area contributed by atoms with Crippen LogP contribution in [0.3, 0.4) is 0 Å². The van der Waals surface area contributed by atoms with Crippen molar-refractivity contribution >= 4 is 35.1 Å². The summed E-state index contributed by atoms with van der Waals surface area (Å²) in [5.74, 6) is -0.902. The number of halogens is 3. The van der Waals surface area contributed by atoms with E-state index in [9.17, 15) is 19.1 Å². The van der Waals surface area contributed by atoms with Crippen molar-refractivity contribution in [2.75, 3.05) is 6.61 Å². The van der Waals surface area contributed by atoms with E-state index in [1.54, 1.807) is 6.92 Å². The summed E-state index contributed by atoms with van der Waals surface area (Å²) in [5.41, 5.74) is 0. The summed E-state index contributed by atoms with van der Waals surface area (Å²) in [6.45, 7) is 1.15. The molecule has 2 N–H and O–H groups in total. The first-order valence-corrected chi connectivity index (χ1v) is 6.46. The van der Waals surface area contributed by atoms with Gasteiger partial charge in [0.25, 0.3) is 5.91 Å². The smallest absolute Gasteiger partial charge is 0.326 e. The highest BCUT2D eigenvalue weighted by molar-refractivity contribution is 6.59. The Kier molecular flexibility index (Phi) is 3.92. The number of hydrogen-bond acceptors (Lipinski definition) is 4. The second-order valence-corrected chi connectivity index (χ2v) is 6.03. The van der Waals surface area contributed by atoms with Crippen LogP contribution in [0.1, 0.15) is 13.3 Å². The molecule has 3 amide bonds. The largest absolute Gasteiger partial charge is 0.388 e. The first-order chi connectivity index (χ1) is 8.75. The van der Waals surface area contributed by atoms with E-state index < -0.39 is 47.4 Å². The van der Waals surface area contributed by atoms with Crippen molar-refractivity contribution in [3.8, 4) is 0 Å². The summed E-state index contributed by atoms with van der Waals surface area (Å²) in [4.78, 5) is 24.5. The van der Waals surface area contributed by atoms with Crippen LogP contribution in [0.5, 0.6) is 0 Å². The molecule has 4 atom stereocenters. The summed E-state index contributed by atoms with van der Waals surface area (Å²) >= 11 is 11.8. The van der Waals surface area contributed by atoms with E-state index in [2.05, 4.69) is 0 Å². The lowest BCUT2D eigenvalue weighted by atomic mass is 10.0. The number of nitrogens with zero attached hydrogens (tertiary/aromatic N) is 1. The molecule has 0 bridgehead atoms. The van der Waals surface area contributed by atoms with Crippen LogP contribution in [0.2, 0.25) is 0 Å². The maximum absolute atomic E-state index is 13.6. The first kappa shape index (κ1) is 14.8. The van der Waals surface area contributed by atoms with Gasteiger partial charge in [-0.05, 0) is 6.92 Å². The third-order valence-corrected chi connectivity index (χ3v) is 3.92. The minimum Gasteiger partial charge on any atom is -0.388 e. The zero-order valence-corrected chi connectivity index (χ0v) is 11.5. The highest BCUT2D eigenvalue weighted by Crippen LogP contribution is 2.36. The van der Waals surface area contributed by atoms with E-state index in [1.165, 1.54) is 0 Å². The Morgan fingerprint density at radius 2 is 2.16 bits per heavy atom. The lowest BCUT2D eigenvalue weighted by Crippen LogP contribution is -2.69. The third kappa shape index (κ3) is 2.52. The molecule has 2 saturated heterocycles. The number of nitrogens with one attached hydrogen (secondary N) is 1. The number of urea groups is 1. The number of rotatable bonds is 0. The van der Waals surface area contributed by atoms with Gasteiger partial charge >= 0.3 is 6.03 Å². The minimum atomic E-state index is -2.01. The van der Waals surface area contributed by atoms with Crippen LogP contribution < -0.4 is 5.32 Å². The Bertz CT molecular complexity index is 409. The van der Waals surface area contributed by atoms with E-state index in [0.717, 1.165) is 4.90 Å². The number of ether oxygens (including phenoxy) is 1. The van der Waals surface area contributed by atoms with Gasteiger partial charge in [0.15, 0.2) is 6.23 Å². The van der Waals surface area contributed by atoms with E-state index in [1.807, 2.05) is 5.32 Å². The molecule has 19 heavy (non-hydrogen) atoms. The Balaban J connectivity index is 2.33. The highest BCUT2D eigenvalue weighted by atomic mass is 35.5. The van der Waals surface area contributed by atoms with Crippen LogP contribution in [-0.4, -0.2) is 57.4 Å². The highest BCUT2D eigenvalue weighted by Gasteiger charge is 2.55. The number of carbonyl (C=O) groups is 2. The molecule has 0 spiro atoms. The fraction of sp³-hybridized carbons (Fsp3) is 0.800. The molecule has 0 saturated carbocycles. The lowest BCUT2D eigenvalue weighted by molar-refractivity contribution is -0.148. The normalized spacial score (nSPS) is 39.1. The van der Waals surface area contributed by atoms with Gasteiger partial charge < -0.3 is 9.84 Å². The van der Waals surface area contributed by atoms with E-state index in [4.69, 9.17) is 27.9 Å². The van der Waals surface area contributed by atoms with Gasteiger partial charge in [-0.25, -0.2) is 9.18 Å². The van der Waals surface area contributed by atoms with Crippen LogP contribution in [-0.2, 0) is 9.53 Å². The summed E-state index contributed by atoms with van der Waals surface area (Å²) in [7, 11) is 0. The van der Waals surface area contributed by atoms with E-state index >= 15 is 0 Å². The Morgan fingerprint density at radius 3 is 2.79 bits per heavy atom. The zero-order chi connectivity index (χ0) is 14.4. The molecule has 2 rings (SSSR count). The van der Waals surface area contributed by atoms with Gasteiger partial charge in [0.05, 0.1) is 6.61 Å². The second kappa shape index (κ2) is 5.05. The van der Waals surface area contributed by atoms with Crippen molar-refractivity contribution in [1.29, 1.82) is 0 Å². The number of carbonyl (C=O) groups excluding carboxylic acids is 2. The molecule has 6 nitrogen and oxygen atoms in total. The van der Waals surface area contributed by atoms with Crippen molar-refractivity contribution in [3.05, 3.63) is 0 Å². The second-order valence-electron chi connectivity index (χ2n) is 4.64. The number of fused-ring (bicyclic) bond motifs is 1. The maximum atomic E-state index is 13.6. The number of amides is 3. The molecule has 0 aromatic rings. The standard InChI is InChI=1S/C10H13Cl2FN2O4/c1-4-2-5(13)6(16)3-19-8-10(11,12)7(17)14-9(18)15(4)8/h4-6,8,16H,2-3H2,1H3,(H,14,17,18). The number of imide groups is 1. The van der Waals surface area contributed by atoms with Gasteiger partial charge in [0.1, 0.15) is 12.3 Å². The van der Waals surface area contributed by atoms with Crippen LogP contribution in [0.4, 0.5) is 9.18 Å². The molecular weight excluding hydrogens is 302 g/mol. The third-order valence-electron chi connectivity index (χ3n) is 3.20. The van der Waals surface area contributed by atoms with Crippen LogP contribution >= 0.6 is 23.2 Å². The predicted molar refractivity (Wildman–Crippen MR) is 64.5 cm³/mol. The average molecular weight is 315 g/mol. The molecule has 2 aliphatic heterocycles. The molecular formula is C10H13Cl2FN2O4. The molecule has 2 aliphatic rings. The van der Waals surface area contributed by atoms with Crippen molar-refractivity contribution in [2.45, 2.75) is 42.2 Å². The van der Waals surface area contributed by atoms with E-state index in [0.29, 0.717) is 0 Å². The number of aliphatic hydroxyl groups is 1. The summed E-state index contributed by atoms with van der Waals surface area (Å²) < 4.78 is 16.8. The van der Waals surface area contributed by atoms with Gasteiger partial charge in [-0.2, -0.15) is 0 Å². The summed E-state index contributed by atoms with van der Waals surface area (Å²) in [6.07, 6.45) is -4.27. The molecule has 2 heterocycles. The molecule has 0 aromatic carbocycles. The molecule has 2 fully saturated rings. The molecule has 0 aliphatic carbocycles. The molecule has 108 valence electrons. The van der Waals surface area contributed by atoms with E-state index in [-0.39, 0.29) is 6.42 Å². The van der Waals surface area contributed by atoms with Crippen molar-refractivity contribution in [1.82, 2.24) is 10.2 Å². The Morgan fingerprint density at radius 1 is 1.53 bits per heavy atom. The van der Waals surface area contributed by atoms with Gasteiger partial charge in [0, 0.05) is 12.5 Å². The fourth-order valence-electron chi connectivity index (χ4n) is 2.15. The summed E-state index contributed by atoms with van der Waals surface area (Å²) in [5, 5.41) is 11.5. The topological polar surface area (TPSA) is 78.9 Å². The Hall–Kier alpha value is -0.630. The monoisotopic (exact) mass is 314 g/mol. The number of alkyl halides is 3. The summed E-state index contributed by atoms with van der Waals surface area (Å²) in [6, 6.07) is -1.39. The van der Waals surface area contributed by atoms with Gasteiger partial charge in [-0.1, -0.05) is 23.2 Å².